The predicted molar refractivity (Wildman–Crippen MR) is 104 cm³/mol. The molecule has 0 aliphatic rings. The van der Waals surface area contributed by atoms with Crippen LogP contribution < -0.4 is 23.7 Å². The minimum Gasteiger partial charge on any atom is -0.497 e. The third-order valence-electron chi connectivity index (χ3n) is 3.86. The Kier molecular flexibility index (Phi) is 7.03. The van der Waals surface area contributed by atoms with Gasteiger partial charge in [0.25, 0.3) is 0 Å². The summed E-state index contributed by atoms with van der Waals surface area (Å²) in [4.78, 5) is 24.0. The summed E-state index contributed by atoms with van der Waals surface area (Å²) in [7, 11) is 6.01. The first kappa shape index (κ1) is 20.8. The van der Waals surface area contributed by atoms with E-state index in [0.717, 1.165) is 0 Å². The van der Waals surface area contributed by atoms with Crippen LogP contribution in [0.25, 0.3) is 6.08 Å². The van der Waals surface area contributed by atoms with Crippen LogP contribution in [0.1, 0.15) is 22.8 Å². The number of methoxy groups -OCH3 is 4. The van der Waals surface area contributed by atoms with Crippen molar-refractivity contribution in [3.63, 3.8) is 0 Å². The van der Waals surface area contributed by atoms with Crippen LogP contribution in [0.2, 0.25) is 0 Å². The maximum absolute atomic E-state index is 12.7. The Balaban J connectivity index is 2.40. The van der Waals surface area contributed by atoms with Gasteiger partial charge in [-0.05, 0) is 36.4 Å². The Labute approximate surface area is 163 Å². The lowest BCUT2D eigenvalue weighted by molar-refractivity contribution is -0.131. The summed E-state index contributed by atoms with van der Waals surface area (Å²) >= 11 is 0. The molecule has 0 N–H and O–H groups in total. The highest BCUT2D eigenvalue weighted by Gasteiger charge is 2.16. The summed E-state index contributed by atoms with van der Waals surface area (Å²) < 4.78 is 26.2. The quantitative estimate of drug-likeness (QED) is 0.297. The Morgan fingerprint density at radius 3 is 2.11 bits per heavy atom. The smallest absolute Gasteiger partial charge is 0.308 e. The van der Waals surface area contributed by atoms with Crippen molar-refractivity contribution in [3.8, 4) is 28.7 Å². The van der Waals surface area contributed by atoms with Crippen molar-refractivity contribution in [3.05, 3.63) is 47.5 Å². The van der Waals surface area contributed by atoms with Crippen molar-refractivity contribution in [2.75, 3.05) is 28.4 Å². The SMILES string of the molecule is COc1ccc(C(=O)/C=C/c2ccc(OC)c(OC)c2OC)c(OC(C)=O)c1. The van der Waals surface area contributed by atoms with Gasteiger partial charge in [-0.25, -0.2) is 0 Å². The number of benzene rings is 2. The average molecular weight is 386 g/mol. The fourth-order valence-electron chi connectivity index (χ4n) is 2.58. The maximum atomic E-state index is 12.7. The van der Waals surface area contributed by atoms with Crippen molar-refractivity contribution < 1.29 is 33.3 Å². The molecule has 2 rings (SSSR count). The Hall–Kier alpha value is -3.48. The second kappa shape index (κ2) is 9.45. The van der Waals surface area contributed by atoms with Gasteiger partial charge in [0, 0.05) is 18.6 Å². The molecule has 0 bridgehead atoms. The molecule has 0 aromatic heterocycles. The second-order valence-electron chi connectivity index (χ2n) is 5.58. The van der Waals surface area contributed by atoms with Gasteiger partial charge in [0.05, 0.1) is 34.0 Å². The highest BCUT2D eigenvalue weighted by atomic mass is 16.5. The maximum Gasteiger partial charge on any atom is 0.308 e. The van der Waals surface area contributed by atoms with Crippen LogP contribution in [0.15, 0.2) is 36.4 Å². The first-order valence-electron chi connectivity index (χ1n) is 8.33. The summed E-state index contributed by atoms with van der Waals surface area (Å²) in [6, 6.07) is 8.09. The van der Waals surface area contributed by atoms with E-state index in [2.05, 4.69) is 0 Å². The van der Waals surface area contributed by atoms with Crippen molar-refractivity contribution in [2.24, 2.45) is 0 Å². The van der Waals surface area contributed by atoms with E-state index in [1.807, 2.05) is 0 Å². The number of esters is 1. The second-order valence-corrected chi connectivity index (χ2v) is 5.58. The van der Waals surface area contributed by atoms with E-state index in [-0.39, 0.29) is 17.1 Å². The molecule has 2 aromatic carbocycles. The molecule has 148 valence electrons. The van der Waals surface area contributed by atoms with Gasteiger partial charge in [-0.1, -0.05) is 0 Å². The van der Waals surface area contributed by atoms with Gasteiger partial charge < -0.3 is 23.7 Å². The standard InChI is InChI=1S/C21H22O7/c1-13(22)28-19-12-15(24-2)8-9-16(19)17(23)10-6-14-7-11-18(25-3)21(27-5)20(14)26-4/h6-12H,1-5H3/b10-6+. The molecule has 0 spiro atoms. The molecule has 0 atom stereocenters. The Morgan fingerprint density at radius 2 is 1.54 bits per heavy atom. The molecular formula is C21H22O7. The molecule has 0 fully saturated rings. The van der Waals surface area contributed by atoms with Gasteiger partial charge in [-0.15, -0.1) is 0 Å². The average Bonchev–Trinajstić information content (AvgIpc) is 2.70. The fourth-order valence-corrected chi connectivity index (χ4v) is 2.58. The van der Waals surface area contributed by atoms with E-state index < -0.39 is 5.97 Å². The molecule has 28 heavy (non-hydrogen) atoms. The van der Waals surface area contributed by atoms with Gasteiger partial charge in [0.1, 0.15) is 11.5 Å². The molecule has 0 unspecified atom stereocenters. The normalized spacial score (nSPS) is 10.5. The largest absolute Gasteiger partial charge is 0.497 e. The first-order valence-corrected chi connectivity index (χ1v) is 8.33. The lowest BCUT2D eigenvalue weighted by atomic mass is 10.1. The summed E-state index contributed by atoms with van der Waals surface area (Å²) in [5.41, 5.74) is 0.850. The molecule has 0 aliphatic heterocycles. The van der Waals surface area contributed by atoms with Crippen LogP contribution in [0.5, 0.6) is 28.7 Å². The minimum atomic E-state index is -0.534. The zero-order valence-corrected chi connectivity index (χ0v) is 16.4. The van der Waals surface area contributed by atoms with Crippen LogP contribution in [0, 0.1) is 0 Å². The van der Waals surface area contributed by atoms with Gasteiger partial charge in [0.2, 0.25) is 5.75 Å². The summed E-state index contributed by atoms with van der Waals surface area (Å²) in [6.45, 7) is 1.26. The van der Waals surface area contributed by atoms with Gasteiger partial charge >= 0.3 is 5.97 Å². The molecule has 0 saturated heterocycles. The van der Waals surface area contributed by atoms with Gasteiger partial charge in [0.15, 0.2) is 17.3 Å². The number of rotatable bonds is 8. The molecule has 2 aromatic rings. The lowest BCUT2D eigenvalue weighted by Gasteiger charge is -2.14. The predicted octanol–water partition coefficient (Wildman–Crippen LogP) is 3.54. The van der Waals surface area contributed by atoms with Crippen LogP contribution >= 0.6 is 0 Å². The van der Waals surface area contributed by atoms with E-state index in [1.54, 1.807) is 24.3 Å². The molecule has 0 heterocycles. The zero-order valence-electron chi connectivity index (χ0n) is 16.4. The van der Waals surface area contributed by atoms with Crippen LogP contribution in [0.4, 0.5) is 0 Å². The Morgan fingerprint density at radius 1 is 0.821 bits per heavy atom. The van der Waals surface area contributed by atoms with Crippen LogP contribution in [-0.4, -0.2) is 40.2 Å². The molecular weight excluding hydrogens is 364 g/mol. The van der Waals surface area contributed by atoms with E-state index >= 15 is 0 Å². The summed E-state index contributed by atoms with van der Waals surface area (Å²) in [5.74, 6) is 1.07. The molecule has 0 aliphatic carbocycles. The van der Waals surface area contributed by atoms with Crippen molar-refractivity contribution in [1.29, 1.82) is 0 Å². The molecule has 0 amide bonds. The minimum absolute atomic E-state index is 0.126. The van der Waals surface area contributed by atoms with E-state index in [4.69, 9.17) is 23.7 Å². The van der Waals surface area contributed by atoms with E-state index in [1.165, 1.54) is 53.6 Å². The van der Waals surface area contributed by atoms with Gasteiger partial charge in [-0.2, -0.15) is 0 Å². The highest BCUT2D eigenvalue weighted by Crippen LogP contribution is 2.40. The number of hydrogen-bond acceptors (Lipinski definition) is 7. The number of carbonyl (C=O) groups is 2. The number of allylic oxidation sites excluding steroid dienone is 1. The summed E-state index contributed by atoms with van der Waals surface area (Å²) in [6.07, 6.45) is 2.95. The zero-order chi connectivity index (χ0) is 20.7. The monoisotopic (exact) mass is 386 g/mol. The number of hydrogen-bond donors (Lipinski definition) is 0. The molecule has 0 radical (unpaired) electrons. The number of ketones is 1. The highest BCUT2D eigenvalue weighted by molar-refractivity contribution is 6.09. The van der Waals surface area contributed by atoms with Gasteiger partial charge in [-0.3, -0.25) is 9.59 Å². The molecule has 7 nitrogen and oxygen atoms in total. The van der Waals surface area contributed by atoms with Crippen LogP contribution in [-0.2, 0) is 4.79 Å². The number of carbonyl (C=O) groups excluding carboxylic acids is 2. The van der Waals surface area contributed by atoms with E-state index in [9.17, 15) is 9.59 Å². The third-order valence-corrected chi connectivity index (χ3v) is 3.86. The van der Waals surface area contributed by atoms with Crippen molar-refractivity contribution in [2.45, 2.75) is 6.92 Å². The van der Waals surface area contributed by atoms with Crippen molar-refractivity contribution >= 4 is 17.8 Å². The van der Waals surface area contributed by atoms with Crippen molar-refractivity contribution in [1.82, 2.24) is 0 Å². The Bertz CT molecular complexity index is 900. The van der Waals surface area contributed by atoms with Crippen LogP contribution in [0.3, 0.4) is 0 Å². The lowest BCUT2D eigenvalue weighted by Crippen LogP contribution is -2.07. The topological polar surface area (TPSA) is 80.3 Å². The third kappa shape index (κ3) is 4.62. The van der Waals surface area contributed by atoms with E-state index in [0.29, 0.717) is 28.6 Å². The summed E-state index contributed by atoms with van der Waals surface area (Å²) in [5, 5.41) is 0. The molecule has 0 saturated carbocycles. The molecule has 7 heteroatoms. The fraction of sp³-hybridized carbons (Fsp3) is 0.238. The number of ether oxygens (including phenoxy) is 5. The first-order chi connectivity index (χ1) is 13.4.